The summed E-state index contributed by atoms with van der Waals surface area (Å²) in [5, 5.41) is 5.42. The van der Waals surface area contributed by atoms with Crippen LogP contribution in [0.15, 0.2) is 85.3 Å². The Hall–Kier alpha value is -4.26. The highest BCUT2D eigenvalue weighted by Crippen LogP contribution is 2.32. The fourth-order valence-corrected chi connectivity index (χ4v) is 3.12. The van der Waals surface area contributed by atoms with Gasteiger partial charge in [-0.05, 0) is 48.5 Å². The first-order valence-electron chi connectivity index (χ1n) is 9.03. The van der Waals surface area contributed by atoms with E-state index in [9.17, 15) is 0 Å². The number of benzene rings is 2. The van der Waals surface area contributed by atoms with Gasteiger partial charge in [0.15, 0.2) is 11.5 Å². The molecule has 3 aromatic heterocycles. The number of para-hydroxylation sites is 1. The standard InChI is InChI=1S/C22H16N6O/c23-21-19-20(15-9-11-17(12-10-15)29-16-6-2-1-3-7-16)27-28(22(19)26-14-25-21)18-8-4-5-13-24-18/h1-14H,(H2,23,25,26). The lowest BCUT2D eigenvalue weighted by Crippen LogP contribution is -2.00. The topological polar surface area (TPSA) is 91.7 Å². The van der Waals surface area contributed by atoms with Gasteiger partial charge in [0.1, 0.15) is 29.3 Å². The molecule has 7 heteroatoms. The van der Waals surface area contributed by atoms with Gasteiger partial charge in [-0.25, -0.2) is 15.0 Å². The van der Waals surface area contributed by atoms with Crippen LogP contribution in [0.1, 0.15) is 0 Å². The van der Waals surface area contributed by atoms with Crippen LogP contribution in [0.25, 0.3) is 28.1 Å². The lowest BCUT2D eigenvalue weighted by atomic mass is 10.1. The molecular weight excluding hydrogens is 364 g/mol. The number of nitrogens with two attached hydrogens (primary N) is 1. The number of fused-ring (bicyclic) bond motifs is 1. The molecule has 7 nitrogen and oxygen atoms in total. The lowest BCUT2D eigenvalue weighted by molar-refractivity contribution is 0.483. The third-order valence-corrected chi connectivity index (χ3v) is 4.47. The van der Waals surface area contributed by atoms with Crippen molar-refractivity contribution in [1.29, 1.82) is 0 Å². The molecule has 29 heavy (non-hydrogen) atoms. The van der Waals surface area contributed by atoms with Gasteiger partial charge in [-0.1, -0.05) is 24.3 Å². The summed E-state index contributed by atoms with van der Waals surface area (Å²) in [6.07, 6.45) is 3.14. The van der Waals surface area contributed by atoms with Gasteiger partial charge in [0.25, 0.3) is 0 Å². The number of anilines is 1. The maximum Gasteiger partial charge on any atom is 0.170 e. The van der Waals surface area contributed by atoms with Crippen molar-refractivity contribution in [3.8, 4) is 28.6 Å². The molecule has 0 fully saturated rings. The van der Waals surface area contributed by atoms with Gasteiger partial charge in [-0.2, -0.15) is 9.78 Å². The molecule has 0 saturated carbocycles. The molecule has 2 N–H and O–H groups in total. The summed E-state index contributed by atoms with van der Waals surface area (Å²) in [5.41, 5.74) is 8.35. The highest BCUT2D eigenvalue weighted by molar-refractivity contribution is 5.98. The fourth-order valence-electron chi connectivity index (χ4n) is 3.12. The third kappa shape index (κ3) is 3.14. The number of nitrogen functional groups attached to an aromatic ring is 1. The minimum atomic E-state index is 0.372. The summed E-state index contributed by atoms with van der Waals surface area (Å²) in [6.45, 7) is 0. The van der Waals surface area contributed by atoms with Crippen molar-refractivity contribution in [1.82, 2.24) is 24.7 Å². The normalized spacial score (nSPS) is 10.9. The molecule has 0 aliphatic heterocycles. The third-order valence-electron chi connectivity index (χ3n) is 4.47. The average molecular weight is 380 g/mol. The second-order valence-electron chi connectivity index (χ2n) is 6.35. The molecule has 0 amide bonds. The molecule has 0 spiro atoms. The van der Waals surface area contributed by atoms with Crippen LogP contribution in [0.5, 0.6) is 11.5 Å². The van der Waals surface area contributed by atoms with Crippen LogP contribution in [-0.4, -0.2) is 24.7 Å². The summed E-state index contributed by atoms with van der Waals surface area (Å²) < 4.78 is 7.55. The highest BCUT2D eigenvalue weighted by atomic mass is 16.5. The molecule has 0 unspecified atom stereocenters. The van der Waals surface area contributed by atoms with Gasteiger partial charge in [0.2, 0.25) is 0 Å². The summed E-state index contributed by atoms with van der Waals surface area (Å²) in [5.74, 6) is 2.54. The maximum absolute atomic E-state index is 6.17. The Labute approximate surface area is 166 Å². The molecule has 0 atom stereocenters. The molecule has 0 radical (unpaired) electrons. The van der Waals surface area contributed by atoms with Gasteiger partial charge in [0.05, 0.1) is 5.39 Å². The highest BCUT2D eigenvalue weighted by Gasteiger charge is 2.18. The van der Waals surface area contributed by atoms with E-state index in [1.165, 1.54) is 6.33 Å². The van der Waals surface area contributed by atoms with Crippen molar-refractivity contribution in [2.75, 3.05) is 5.73 Å². The predicted molar refractivity (Wildman–Crippen MR) is 111 cm³/mol. The molecule has 140 valence electrons. The molecule has 0 aliphatic carbocycles. The van der Waals surface area contributed by atoms with Crippen LogP contribution in [-0.2, 0) is 0 Å². The summed E-state index contributed by atoms with van der Waals surface area (Å²) >= 11 is 0. The van der Waals surface area contributed by atoms with Gasteiger partial charge in [0, 0.05) is 11.8 Å². The van der Waals surface area contributed by atoms with E-state index < -0.39 is 0 Å². The van der Waals surface area contributed by atoms with Crippen LogP contribution >= 0.6 is 0 Å². The first-order chi connectivity index (χ1) is 14.3. The second-order valence-corrected chi connectivity index (χ2v) is 6.35. The number of hydrogen-bond acceptors (Lipinski definition) is 6. The fraction of sp³-hybridized carbons (Fsp3) is 0. The maximum atomic E-state index is 6.17. The van der Waals surface area contributed by atoms with Crippen LogP contribution in [0.4, 0.5) is 5.82 Å². The second kappa shape index (κ2) is 7.05. The van der Waals surface area contributed by atoms with Crippen molar-refractivity contribution in [3.05, 3.63) is 85.3 Å². The summed E-state index contributed by atoms with van der Waals surface area (Å²) in [7, 11) is 0. The zero-order chi connectivity index (χ0) is 19.6. The number of nitrogens with zero attached hydrogens (tertiary/aromatic N) is 5. The lowest BCUT2D eigenvalue weighted by Gasteiger charge is -2.06. The number of rotatable bonds is 4. The number of hydrogen-bond donors (Lipinski definition) is 1. The van der Waals surface area contributed by atoms with E-state index >= 15 is 0 Å². The number of ether oxygens (including phenoxy) is 1. The van der Waals surface area contributed by atoms with Crippen molar-refractivity contribution in [2.24, 2.45) is 0 Å². The van der Waals surface area contributed by atoms with Crippen LogP contribution in [0.2, 0.25) is 0 Å². The predicted octanol–water partition coefficient (Wildman–Crippen LogP) is 4.25. The molecule has 0 bridgehead atoms. The van der Waals surface area contributed by atoms with Crippen molar-refractivity contribution >= 4 is 16.9 Å². The van der Waals surface area contributed by atoms with E-state index in [-0.39, 0.29) is 0 Å². The van der Waals surface area contributed by atoms with E-state index in [1.54, 1.807) is 10.9 Å². The van der Waals surface area contributed by atoms with Crippen molar-refractivity contribution in [2.45, 2.75) is 0 Å². The largest absolute Gasteiger partial charge is 0.457 e. The zero-order valence-electron chi connectivity index (χ0n) is 15.3. The van der Waals surface area contributed by atoms with E-state index in [4.69, 9.17) is 15.6 Å². The van der Waals surface area contributed by atoms with Gasteiger partial charge < -0.3 is 10.5 Å². The van der Waals surface area contributed by atoms with Crippen molar-refractivity contribution < 1.29 is 4.74 Å². The molecule has 0 saturated heterocycles. The average Bonchev–Trinajstić information content (AvgIpc) is 3.17. The molecule has 0 aliphatic rings. The van der Waals surface area contributed by atoms with Gasteiger partial charge >= 0.3 is 0 Å². The summed E-state index contributed by atoms with van der Waals surface area (Å²) in [4.78, 5) is 12.9. The zero-order valence-corrected chi connectivity index (χ0v) is 15.3. The van der Waals surface area contributed by atoms with Crippen LogP contribution < -0.4 is 10.5 Å². The van der Waals surface area contributed by atoms with E-state index in [2.05, 4.69) is 15.0 Å². The van der Waals surface area contributed by atoms with E-state index in [1.807, 2.05) is 72.8 Å². The molecule has 2 aromatic carbocycles. The SMILES string of the molecule is Nc1ncnc2c1c(-c1ccc(Oc3ccccc3)cc1)nn2-c1ccccn1. The Balaban J connectivity index is 1.58. The number of aromatic nitrogens is 5. The van der Waals surface area contributed by atoms with E-state index in [0.717, 1.165) is 17.1 Å². The van der Waals surface area contributed by atoms with Gasteiger partial charge in [-0.15, -0.1) is 0 Å². The van der Waals surface area contributed by atoms with Crippen molar-refractivity contribution in [3.63, 3.8) is 0 Å². The quantitative estimate of drug-likeness (QED) is 0.501. The Bertz CT molecular complexity index is 1270. The van der Waals surface area contributed by atoms with Crippen LogP contribution in [0, 0.1) is 0 Å². The molecule has 3 heterocycles. The number of pyridine rings is 1. The minimum absolute atomic E-state index is 0.372. The minimum Gasteiger partial charge on any atom is -0.457 e. The first-order valence-corrected chi connectivity index (χ1v) is 9.03. The first kappa shape index (κ1) is 16.9. The van der Waals surface area contributed by atoms with Gasteiger partial charge in [-0.3, -0.25) is 0 Å². The Kier molecular flexibility index (Phi) is 4.10. The molecule has 5 rings (SSSR count). The molecule has 5 aromatic rings. The monoisotopic (exact) mass is 380 g/mol. The Morgan fingerprint density at radius 1 is 0.759 bits per heavy atom. The van der Waals surface area contributed by atoms with E-state index in [0.29, 0.717) is 28.4 Å². The Morgan fingerprint density at radius 3 is 2.28 bits per heavy atom. The van der Waals surface area contributed by atoms with Crippen LogP contribution in [0.3, 0.4) is 0 Å². The molecular formula is C22H16N6O. The summed E-state index contributed by atoms with van der Waals surface area (Å²) in [6, 6.07) is 22.9. The Morgan fingerprint density at radius 2 is 1.52 bits per heavy atom. The smallest absolute Gasteiger partial charge is 0.170 e.